The average Bonchev–Trinajstić information content (AvgIpc) is 3.22. The summed E-state index contributed by atoms with van der Waals surface area (Å²) in [5.74, 6) is 0.546. The van der Waals surface area contributed by atoms with Gasteiger partial charge in [-0.15, -0.1) is 11.3 Å². The van der Waals surface area contributed by atoms with Gasteiger partial charge in [0.15, 0.2) is 0 Å². The smallest absolute Gasteiger partial charge is 0.227 e. The Morgan fingerprint density at radius 2 is 2.05 bits per heavy atom. The molecule has 1 aromatic heterocycles. The quantitative estimate of drug-likeness (QED) is 0.843. The van der Waals surface area contributed by atoms with E-state index in [0.29, 0.717) is 12.3 Å². The number of likely N-dealkylation sites (N-methyl/N-ethyl adjacent to an activating group) is 1. The van der Waals surface area contributed by atoms with Crippen LogP contribution in [0.5, 0.6) is 0 Å². The van der Waals surface area contributed by atoms with Crippen molar-refractivity contribution < 1.29 is 9.18 Å². The van der Waals surface area contributed by atoms with E-state index in [4.69, 9.17) is 0 Å². The zero-order chi connectivity index (χ0) is 15.7. The van der Waals surface area contributed by atoms with Crippen LogP contribution in [-0.4, -0.2) is 29.4 Å². The summed E-state index contributed by atoms with van der Waals surface area (Å²) in [5.41, 5.74) is 1.66. The zero-order valence-corrected chi connectivity index (χ0v) is 13.6. The Hall–Kier alpha value is -1.75. The highest BCUT2D eigenvalue weighted by Gasteiger charge is 2.25. The molecule has 2 aromatic rings. The molecule has 1 aliphatic carbocycles. The molecule has 0 radical (unpaired) electrons. The van der Waals surface area contributed by atoms with Crippen LogP contribution >= 0.6 is 11.3 Å². The molecule has 116 valence electrons. The SMILES string of the molecule is Cc1nc(-c2ccc(F)cc2)c(CC(=O)N(C)CC2CC2)s1. The third-order valence-corrected chi connectivity index (χ3v) is 4.86. The molecule has 1 heterocycles. The van der Waals surface area contributed by atoms with E-state index in [0.717, 1.165) is 27.7 Å². The minimum Gasteiger partial charge on any atom is -0.345 e. The van der Waals surface area contributed by atoms with Crippen molar-refractivity contribution in [3.63, 3.8) is 0 Å². The summed E-state index contributed by atoms with van der Waals surface area (Å²) in [6, 6.07) is 6.28. The van der Waals surface area contributed by atoms with E-state index in [1.165, 1.54) is 25.0 Å². The van der Waals surface area contributed by atoms with Gasteiger partial charge in [-0.3, -0.25) is 4.79 Å². The third-order valence-electron chi connectivity index (χ3n) is 3.89. The summed E-state index contributed by atoms with van der Waals surface area (Å²) < 4.78 is 13.1. The van der Waals surface area contributed by atoms with Crippen LogP contribution in [0.2, 0.25) is 0 Å². The Balaban J connectivity index is 1.78. The molecule has 5 heteroatoms. The first kappa shape index (κ1) is 15.2. The molecule has 0 saturated heterocycles. The molecule has 0 aliphatic heterocycles. The number of benzene rings is 1. The average molecular weight is 318 g/mol. The molecule has 3 rings (SSSR count). The molecule has 0 spiro atoms. The summed E-state index contributed by atoms with van der Waals surface area (Å²) in [4.78, 5) is 19.7. The number of aromatic nitrogens is 1. The Morgan fingerprint density at radius 3 is 2.68 bits per heavy atom. The Labute approximate surface area is 133 Å². The lowest BCUT2D eigenvalue weighted by Gasteiger charge is -2.16. The summed E-state index contributed by atoms with van der Waals surface area (Å²) in [6.45, 7) is 2.78. The minimum absolute atomic E-state index is 0.124. The molecule has 0 N–H and O–H groups in total. The van der Waals surface area contributed by atoms with Crippen molar-refractivity contribution in [1.29, 1.82) is 0 Å². The lowest BCUT2D eigenvalue weighted by atomic mass is 10.1. The summed E-state index contributed by atoms with van der Waals surface area (Å²) in [6.07, 6.45) is 2.83. The third kappa shape index (κ3) is 3.53. The molecule has 1 amide bonds. The van der Waals surface area contributed by atoms with E-state index in [-0.39, 0.29) is 11.7 Å². The van der Waals surface area contributed by atoms with E-state index in [1.54, 1.807) is 23.5 Å². The van der Waals surface area contributed by atoms with E-state index in [9.17, 15) is 9.18 Å². The van der Waals surface area contributed by atoms with Crippen LogP contribution in [0, 0.1) is 18.7 Å². The maximum atomic E-state index is 13.1. The fraction of sp³-hybridized carbons (Fsp3) is 0.412. The molecule has 1 fully saturated rings. The van der Waals surface area contributed by atoms with Crippen LogP contribution < -0.4 is 0 Å². The van der Waals surface area contributed by atoms with Gasteiger partial charge in [-0.1, -0.05) is 0 Å². The number of thiazole rings is 1. The first-order valence-electron chi connectivity index (χ1n) is 7.49. The maximum absolute atomic E-state index is 13.1. The van der Waals surface area contributed by atoms with Crippen LogP contribution in [0.25, 0.3) is 11.3 Å². The van der Waals surface area contributed by atoms with Gasteiger partial charge < -0.3 is 4.90 Å². The Kier molecular flexibility index (Phi) is 4.25. The van der Waals surface area contributed by atoms with Crippen molar-refractivity contribution in [1.82, 2.24) is 9.88 Å². The summed E-state index contributed by atoms with van der Waals surface area (Å²) in [5, 5.41) is 0.923. The van der Waals surface area contributed by atoms with Gasteiger partial charge in [-0.2, -0.15) is 0 Å². The van der Waals surface area contributed by atoms with Crippen LogP contribution in [0.15, 0.2) is 24.3 Å². The summed E-state index contributed by atoms with van der Waals surface area (Å²) in [7, 11) is 1.87. The topological polar surface area (TPSA) is 33.2 Å². The number of halogens is 1. The second kappa shape index (κ2) is 6.16. The maximum Gasteiger partial charge on any atom is 0.227 e. The van der Waals surface area contributed by atoms with Gasteiger partial charge >= 0.3 is 0 Å². The standard InChI is InChI=1S/C17H19FN2OS/c1-11-19-17(13-5-7-14(18)8-6-13)15(22-11)9-16(21)20(2)10-12-3-4-12/h5-8,12H,3-4,9-10H2,1-2H3. The van der Waals surface area contributed by atoms with Crippen LogP contribution in [0.1, 0.15) is 22.7 Å². The van der Waals surface area contributed by atoms with E-state index in [2.05, 4.69) is 4.98 Å². The molecule has 0 bridgehead atoms. The highest BCUT2D eigenvalue weighted by molar-refractivity contribution is 7.12. The van der Waals surface area contributed by atoms with E-state index < -0.39 is 0 Å². The van der Waals surface area contributed by atoms with Crippen molar-refractivity contribution in [3.8, 4) is 11.3 Å². The van der Waals surface area contributed by atoms with Crippen LogP contribution in [0.4, 0.5) is 4.39 Å². The predicted molar refractivity (Wildman–Crippen MR) is 86.3 cm³/mol. The highest BCUT2D eigenvalue weighted by Crippen LogP contribution is 2.31. The zero-order valence-electron chi connectivity index (χ0n) is 12.8. The second-order valence-corrected chi connectivity index (χ2v) is 7.19. The first-order valence-corrected chi connectivity index (χ1v) is 8.31. The minimum atomic E-state index is -0.266. The number of nitrogens with zero attached hydrogens (tertiary/aromatic N) is 2. The van der Waals surface area contributed by atoms with E-state index >= 15 is 0 Å². The van der Waals surface area contributed by atoms with Crippen molar-refractivity contribution in [3.05, 3.63) is 40.0 Å². The molecule has 1 aliphatic rings. The van der Waals surface area contributed by atoms with E-state index in [1.807, 2.05) is 18.9 Å². The van der Waals surface area contributed by atoms with Gasteiger partial charge in [0, 0.05) is 24.0 Å². The van der Waals surface area contributed by atoms with Crippen LogP contribution in [-0.2, 0) is 11.2 Å². The number of carbonyl (C=O) groups excluding carboxylic acids is 1. The molecule has 1 saturated carbocycles. The Morgan fingerprint density at radius 1 is 1.36 bits per heavy atom. The number of aryl methyl sites for hydroxylation is 1. The number of carbonyl (C=O) groups is 1. The van der Waals surface area contributed by atoms with Gasteiger partial charge in [0.25, 0.3) is 0 Å². The fourth-order valence-electron chi connectivity index (χ4n) is 2.48. The first-order chi connectivity index (χ1) is 10.5. The normalized spacial score (nSPS) is 14.1. The molecule has 22 heavy (non-hydrogen) atoms. The number of hydrogen-bond donors (Lipinski definition) is 0. The van der Waals surface area contributed by atoms with Crippen molar-refractivity contribution in [2.45, 2.75) is 26.2 Å². The number of rotatable bonds is 5. The molecular weight excluding hydrogens is 299 g/mol. The largest absolute Gasteiger partial charge is 0.345 e. The monoisotopic (exact) mass is 318 g/mol. The van der Waals surface area contributed by atoms with Gasteiger partial charge in [-0.25, -0.2) is 9.37 Å². The molecule has 0 unspecified atom stereocenters. The van der Waals surface area contributed by atoms with Crippen molar-refractivity contribution in [2.75, 3.05) is 13.6 Å². The van der Waals surface area contributed by atoms with Gasteiger partial charge in [0.2, 0.25) is 5.91 Å². The highest BCUT2D eigenvalue weighted by atomic mass is 32.1. The van der Waals surface area contributed by atoms with Gasteiger partial charge in [-0.05, 0) is 49.9 Å². The summed E-state index contributed by atoms with van der Waals surface area (Å²) >= 11 is 1.54. The molecule has 3 nitrogen and oxygen atoms in total. The van der Waals surface area contributed by atoms with Crippen molar-refractivity contribution in [2.24, 2.45) is 5.92 Å². The molecule has 0 atom stereocenters. The van der Waals surface area contributed by atoms with Crippen molar-refractivity contribution >= 4 is 17.2 Å². The number of hydrogen-bond acceptors (Lipinski definition) is 3. The Bertz CT molecular complexity index is 676. The van der Waals surface area contributed by atoms with Crippen LogP contribution in [0.3, 0.4) is 0 Å². The lowest BCUT2D eigenvalue weighted by Crippen LogP contribution is -2.30. The van der Waals surface area contributed by atoms with Gasteiger partial charge in [0.1, 0.15) is 5.82 Å². The molecule has 1 aromatic carbocycles. The number of amides is 1. The fourth-order valence-corrected chi connectivity index (χ4v) is 3.43. The lowest BCUT2D eigenvalue weighted by molar-refractivity contribution is -0.129. The van der Waals surface area contributed by atoms with Gasteiger partial charge in [0.05, 0.1) is 17.1 Å². The second-order valence-electron chi connectivity index (χ2n) is 5.91. The predicted octanol–water partition coefficient (Wildman–Crippen LogP) is 3.67. The molecular formula is C17H19FN2OS.